The molecule has 1 heterocycles. The van der Waals surface area contributed by atoms with Gasteiger partial charge in [0.25, 0.3) is 0 Å². The van der Waals surface area contributed by atoms with Gasteiger partial charge in [0.05, 0.1) is 11.4 Å². The average Bonchev–Trinajstić information content (AvgIpc) is 2.45. The minimum Gasteiger partial charge on any atom is -0.397 e. The second kappa shape index (κ2) is 6.38. The molecule has 0 bridgehead atoms. The Labute approximate surface area is 113 Å². The largest absolute Gasteiger partial charge is 0.397 e. The highest BCUT2D eigenvalue weighted by molar-refractivity contribution is 5.98. The van der Waals surface area contributed by atoms with Crippen molar-refractivity contribution in [2.24, 2.45) is 5.92 Å². The third-order valence-corrected chi connectivity index (χ3v) is 3.36. The van der Waals surface area contributed by atoms with Crippen LogP contribution in [0.5, 0.6) is 0 Å². The van der Waals surface area contributed by atoms with E-state index in [0.717, 1.165) is 41.5 Å². The summed E-state index contributed by atoms with van der Waals surface area (Å²) in [7, 11) is 0. The van der Waals surface area contributed by atoms with Crippen LogP contribution in [0.4, 0.5) is 11.4 Å². The molecule has 2 aromatic rings. The molecule has 4 N–H and O–H groups in total. The van der Waals surface area contributed by atoms with Crippen LogP contribution in [0.25, 0.3) is 10.8 Å². The number of nitrogens with two attached hydrogens (primary N) is 1. The molecule has 1 aromatic carbocycles. The zero-order valence-electron chi connectivity index (χ0n) is 11.3. The summed E-state index contributed by atoms with van der Waals surface area (Å²) in [6, 6.07) is 5.95. The third kappa shape index (κ3) is 3.35. The molecule has 0 spiro atoms. The molecule has 19 heavy (non-hydrogen) atoms. The third-order valence-electron chi connectivity index (χ3n) is 3.36. The number of fused-ring (bicyclic) bond motifs is 1. The number of aromatic nitrogens is 1. The number of hydrogen-bond acceptors (Lipinski definition) is 4. The first-order valence-electron chi connectivity index (χ1n) is 6.69. The summed E-state index contributed by atoms with van der Waals surface area (Å²) in [4.78, 5) is 4.09. The highest BCUT2D eigenvalue weighted by Gasteiger charge is 2.04. The Morgan fingerprint density at radius 2 is 2.21 bits per heavy atom. The Morgan fingerprint density at radius 1 is 1.37 bits per heavy atom. The summed E-state index contributed by atoms with van der Waals surface area (Å²) in [5.74, 6) is 0.363. The molecule has 0 aliphatic heterocycles. The second-order valence-corrected chi connectivity index (χ2v) is 4.98. The van der Waals surface area contributed by atoms with E-state index >= 15 is 0 Å². The summed E-state index contributed by atoms with van der Waals surface area (Å²) in [6.07, 6.45) is 5.61. The van der Waals surface area contributed by atoms with Crippen molar-refractivity contribution in [3.63, 3.8) is 0 Å². The maximum Gasteiger partial charge on any atom is 0.0630 e. The first-order valence-corrected chi connectivity index (χ1v) is 6.69. The number of nitrogen functional groups attached to an aromatic ring is 1. The van der Waals surface area contributed by atoms with Crippen LogP contribution >= 0.6 is 0 Å². The first kappa shape index (κ1) is 13.6. The predicted molar refractivity (Wildman–Crippen MR) is 80.1 cm³/mol. The standard InChI is InChI=1S/C15H21N3O/c1-11(10-19)3-2-7-18-14-5-4-12-9-17-8-6-13(12)15(14)16/h4-6,8-9,11,18-19H,2-3,7,10,16H2,1H3. The highest BCUT2D eigenvalue weighted by Crippen LogP contribution is 2.27. The van der Waals surface area contributed by atoms with Crippen molar-refractivity contribution in [1.29, 1.82) is 0 Å². The van der Waals surface area contributed by atoms with Crippen molar-refractivity contribution in [2.75, 3.05) is 24.2 Å². The van der Waals surface area contributed by atoms with E-state index in [9.17, 15) is 0 Å². The minimum absolute atomic E-state index is 0.255. The molecule has 0 aliphatic rings. The molecule has 0 fully saturated rings. The van der Waals surface area contributed by atoms with Gasteiger partial charge < -0.3 is 16.2 Å². The number of nitrogens with one attached hydrogen (secondary N) is 1. The number of aliphatic hydroxyl groups excluding tert-OH is 1. The normalized spacial score (nSPS) is 12.5. The zero-order valence-corrected chi connectivity index (χ0v) is 11.3. The molecule has 0 aliphatic carbocycles. The Morgan fingerprint density at radius 3 is 3.00 bits per heavy atom. The van der Waals surface area contributed by atoms with Crippen LogP contribution in [0.2, 0.25) is 0 Å². The van der Waals surface area contributed by atoms with E-state index in [1.807, 2.05) is 24.4 Å². The molecule has 2 rings (SSSR count). The Bertz CT molecular complexity index is 542. The van der Waals surface area contributed by atoms with E-state index < -0.39 is 0 Å². The predicted octanol–water partition coefficient (Wildman–Crippen LogP) is 2.64. The van der Waals surface area contributed by atoms with Gasteiger partial charge in [-0.25, -0.2) is 0 Å². The number of nitrogens with zero attached hydrogens (tertiary/aromatic N) is 1. The summed E-state index contributed by atoms with van der Waals surface area (Å²) in [6.45, 7) is 3.17. The van der Waals surface area contributed by atoms with Gasteiger partial charge in [-0.1, -0.05) is 13.0 Å². The van der Waals surface area contributed by atoms with Gasteiger partial charge in [0.1, 0.15) is 0 Å². The first-order chi connectivity index (χ1) is 9.22. The van der Waals surface area contributed by atoms with Gasteiger partial charge in [0.2, 0.25) is 0 Å². The Hall–Kier alpha value is -1.81. The molecular formula is C15H21N3O. The van der Waals surface area contributed by atoms with Crippen LogP contribution in [-0.4, -0.2) is 23.2 Å². The van der Waals surface area contributed by atoms with Crippen molar-refractivity contribution >= 4 is 22.1 Å². The molecule has 1 atom stereocenters. The van der Waals surface area contributed by atoms with Crippen LogP contribution < -0.4 is 11.1 Å². The molecule has 102 valence electrons. The molecule has 0 saturated heterocycles. The fourth-order valence-corrected chi connectivity index (χ4v) is 2.11. The Balaban J connectivity index is 1.99. The quantitative estimate of drug-likeness (QED) is 0.551. The van der Waals surface area contributed by atoms with Crippen LogP contribution in [0, 0.1) is 5.92 Å². The zero-order chi connectivity index (χ0) is 13.7. The summed E-state index contributed by atoms with van der Waals surface area (Å²) < 4.78 is 0. The Kier molecular flexibility index (Phi) is 4.58. The van der Waals surface area contributed by atoms with Gasteiger partial charge in [-0.15, -0.1) is 0 Å². The maximum atomic E-state index is 8.97. The SMILES string of the molecule is CC(CO)CCCNc1ccc2cnccc2c1N. The number of benzene rings is 1. The van der Waals surface area contributed by atoms with Gasteiger partial charge >= 0.3 is 0 Å². The minimum atomic E-state index is 0.255. The fourth-order valence-electron chi connectivity index (χ4n) is 2.11. The van der Waals surface area contributed by atoms with Crippen molar-refractivity contribution in [3.05, 3.63) is 30.6 Å². The maximum absolute atomic E-state index is 8.97. The number of anilines is 2. The topological polar surface area (TPSA) is 71.2 Å². The molecule has 0 amide bonds. The average molecular weight is 259 g/mol. The number of pyridine rings is 1. The van der Waals surface area contributed by atoms with Crippen molar-refractivity contribution in [3.8, 4) is 0 Å². The molecular weight excluding hydrogens is 238 g/mol. The second-order valence-electron chi connectivity index (χ2n) is 4.98. The highest BCUT2D eigenvalue weighted by atomic mass is 16.3. The van der Waals surface area contributed by atoms with Crippen LogP contribution in [0.15, 0.2) is 30.6 Å². The lowest BCUT2D eigenvalue weighted by molar-refractivity contribution is 0.229. The van der Waals surface area contributed by atoms with Gasteiger partial charge in [0.15, 0.2) is 0 Å². The van der Waals surface area contributed by atoms with E-state index in [-0.39, 0.29) is 6.61 Å². The molecule has 4 nitrogen and oxygen atoms in total. The van der Waals surface area contributed by atoms with Gasteiger partial charge in [-0.3, -0.25) is 4.98 Å². The number of rotatable bonds is 6. The summed E-state index contributed by atoms with van der Waals surface area (Å²) in [5, 5.41) is 14.4. The van der Waals surface area contributed by atoms with Gasteiger partial charge in [0, 0.05) is 36.3 Å². The monoisotopic (exact) mass is 259 g/mol. The van der Waals surface area contributed by atoms with Crippen LogP contribution in [0.1, 0.15) is 19.8 Å². The fraction of sp³-hybridized carbons (Fsp3) is 0.400. The van der Waals surface area contributed by atoms with Crippen LogP contribution in [-0.2, 0) is 0 Å². The van der Waals surface area contributed by atoms with E-state index in [1.165, 1.54) is 0 Å². The van der Waals surface area contributed by atoms with Crippen molar-refractivity contribution in [2.45, 2.75) is 19.8 Å². The van der Waals surface area contributed by atoms with E-state index in [1.54, 1.807) is 6.20 Å². The number of aliphatic hydroxyl groups is 1. The van der Waals surface area contributed by atoms with Crippen molar-refractivity contribution in [1.82, 2.24) is 4.98 Å². The van der Waals surface area contributed by atoms with E-state index in [2.05, 4.69) is 17.2 Å². The summed E-state index contributed by atoms with van der Waals surface area (Å²) in [5.41, 5.74) is 7.90. The summed E-state index contributed by atoms with van der Waals surface area (Å²) >= 11 is 0. The van der Waals surface area contributed by atoms with E-state index in [0.29, 0.717) is 5.92 Å². The lowest BCUT2D eigenvalue weighted by atomic mass is 10.1. The molecule has 1 unspecified atom stereocenters. The van der Waals surface area contributed by atoms with Gasteiger partial charge in [-0.05, 0) is 30.9 Å². The molecule has 4 heteroatoms. The lowest BCUT2D eigenvalue weighted by Gasteiger charge is -2.12. The molecule has 1 aromatic heterocycles. The van der Waals surface area contributed by atoms with Gasteiger partial charge in [-0.2, -0.15) is 0 Å². The number of hydrogen-bond donors (Lipinski definition) is 3. The molecule has 0 radical (unpaired) electrons. The van der Waals surface area contributed by atoms with Crippen LogP contribution in [0.3, 0.4) is 0 Å². The van der Waals surface area contributed by atoms with E-state index in [4.69, 9.17) is 10.8 Å². The van der Waals surface area contributed by atoms with Crippen molar-refractivity contribution < 1.29 is 5.11 Å². The molecule has 0 saturated carbocycles. The lowest BCUT2D eigenvalue weighted by Crippen LogP contribution is -2.08. The smallest absolute Gasteiger partial charge is 0.0630 e.